The highest BCUT2D eigenvalue weighted by Crippen LogP contribution is 2.38. The summed E-state index contributed by atoms with van der Waals surface area (Å²) >= 11 is 0. The van der Waals surface area contributed by atoms with Crippen molar-refractivity contribution in [3.8, 4) is 0 Å². The van der Waals surface area contributed by atoms with Crippen LogP contribution in [-0.2, 0) is 7.05 Å². The van der Waals surface area contributed by atoms with E-state index in [1.165, 1.54) is 6.20 Å². The molecule has 2 aromatic heterocycles. The van der Waals surface area contributed by atoms with E-state index in [0.717, 1.165) is 18.7 Å². The Bertz CT molecular complexity index is 599. The van der Waals surface area contributed by atoms with Crippen LogP contribution in [0.2, 0.25) is 0 Å². The average Bonchev–Trinajstić information content (AvgIpc) is 2.95. The van der Waals surface area contributed by atoms with Crippen LogP contribution >= 0.6 is 0 Å². The molecule has 3 rings (SSSR count). The van der Waals surface area contributed by atoms with Crippen LogP contribution in [0, 0.1) is 0 Å². The second-order valence-electron chi connectivity index (χ2n) is 4.85. The SMILES string of the molecule is C[C@@H](NC(=O)c1cncn1C)c1nc(C2CC2)no1. The molecule has 1 aliphatic rings. The molecule has 0 spiro atoms. The average molecular weight is 261 g/mol. The fourth-order valence-corrected chi connectivity index (χ4v) is 1.84. The van der Waals surface area contributed by atoms with E-state index in [4.69, 9.17) is 4.52 Å². The van der Waals surface area contributed by atoms with Gasteiger partial charge < -0.3 is 14.4 Å². The van der Waals surface area contributed by atoms with Gasteiger partial charge in [-0.2, -0.15) is 4.98 Å². The standard InChI is InChI=1S/C12H15N5O2/c1-7(12-15-10(16-19-12)8-3-4-8)14-11(18)9-5-13-6-17(9)2/h5-8H,3-4H2,1-2H3,(H,14,18)/t7-/m1/s1. The van der Waals surface area contributed by atoms with E-state index in [1.807, 2.05) is 6.92 Å². The summed E-state index contributed by atoms with van der Waals surface area (Å²) in [6.45, 7) is 1.82. The monoisotopic (exact) mass is 261 g/mol. The number of hydrogen-bond donors (Lipinski definition) is 1. The van der Waals surface area contributed by atoms with E-state index in [0.29, 0.717) is 17.5 Å². The van der Waals surface area contributed by atoms with E-state index < -0.39 is 0 Å². The van der Waals surface area contributed by atoms with Crippen molar-refractivity contribution in [2.75, 3.05) is 0 Å². The van der Waals surface area contributed by atoms with Gasteiger partial charge in [0.1, 0.15) is 11.7 Å². The van der Waals surface area contributed by atoms with E-state index in [-0.39, 0.29) is 11.9 Å². The Kier molecular flexibility index (Phi) is 2.81. The molecule has 19 heavy (non-hydrogen) atoms. The van der Waals surface area contributed by atoms with Gasteiger partial charge in [0.25, 0.3) is 5.91 Å². The molecule has 2 aromatic rings. The van der Waals surface area contributed by atoms with Gasteiger partial charge in [-0.25, -0.2) is 4.98 Å². The molecule has 1 amide bonds. The minimum absolute atomic E-state index is 0.210. The smallest absolute Gasteiger partial charge is 0.270 e. The van der Waals surface area contributed by atoms with Crippen LogP contribution < -0.4 is 5.32 Å². The Hall–Kier alpha value is -2.18. The Balaban J connectivity index is 1.68. The maximum absolute atomic E-state index is 12.0. The van der Waals surface area contributed by atoms with Gasteiger partial charge in [-0.3, -0.25) is 4.79 Å². The number of aromatic nitrogens is 4. The highest BCUT2D eigenvalue weighted by molar-refractivity contribution is 5.92. The van der Waals surface area contributed by atoms with Crippen molar-refractivity contribution in [1.29, 1.82) is 0 Å². The highest BCUT2D eigenvalue weighted by atomic mass is 16.5. The number of carbonyl (C=O) groups is 1. The molecule has 1 atom stereocenters. The van der Waals surface area contributed by atoms with E-state index >= 15 is 0 Å². The molecular formula is C12H15N5O2. The van der Waals surface area contributed by atoms with Crippen LogP contribution in [-0.4, -0.2) is 25.6 Å². The number of rotatable bonds is 4. The first-order valence-electron chi connectivity index (χ1n) is 6.26. The Morgan fingerprint density at radius 2 is 2.37 bits per heavy atom. The fourth-order valence-electron chi connectivity index (χ4n) is 1.84. The van der Waals surface area contributed by atoms with Crippen molar-refractivity contribution in [2.45, 2.75) is 31.7 Å². The number of nitrogens with one attached hydrogen (secondary N) is 1. The third kappa shape index (κ3) is 2.35. The molecular weight excluding hydrogens is 246 g/mol. The molecule has 1 aliphatic carbocycles. The number of carbonyl (C=O) groups excluding carboxylic acids is 1. The van der Waals surface area contributed by atoms with E-state index in [2.05, 4.69) is 20.4 Å². The lowest BCUT2D eigenvalue weighted by Crippen LogP contribution is -2.28. The zero-order chi connectivity index (χ0) is 13.4. The van der Waals surface area contributed by atoms with Crippen LogP contribution in [0.25, 0.3) is 0 Å². The first kappa shape index (κ1) is 11.9. The molecule has 2 heterocycles. The molecule has 0 unspecified atom stereocenters. The topological polar surface area (TPSA) is 85.8 Å². The van der Waals surface area contributed by atoms with Gasteiger partial charge in [0.15, 0.2) is 5.82 Å². The predicted octanol–water partition coefficient (Wildman–Crippen LogP) is 1.17. The lowest BCUT2D eigenvalue weighted by atomic mass is 10.3. The lowest BCUT2D eigenvalue weighted by molar-refractivity contribution is 0.0924. The van der Waals surface area contributed by atoms with Gasteiger partial charge in [-0.1, -0.05) is 5.16 Å². The van der Waals surface area contributed by atoms with Crippen molar-refractivity contribution in [1.82, 2.24) is 25.0 Å². The van der Waals surface area contributed by atoms with E-state index in [1.54, 1.807) is 17.9 Å². The van der Waals surface area contributed by atoms with Crippen LogP contribution in [0.15, 0.2) is 17.0 Å². The minimum Gasteiger partial charge on any atom is -0.339 e. The Morgan fingerprint density at radius 3 is 3.00 bits per heavy atom. The second kappa shape index (κ2) is 4.49. The first-order valence-corrected chi connectivity index (χ1v) is 6.26. The molecule has 0 aliphatic heterocycles. The molecule has 0 bridgehead atoms. The number of nitrogens with zero attached hydrogens (tertiary/aromatic N) is 4. The fraction of sp³-hybridized carbons (Fsp3) is 0.500. The normalized spacial score (nSPS) is 16.3. The van der Waals surface area contributed by atoms with Crippen molar-refractivity contribution >= 4 is 5.91 Å². The summed E-state index contributed by atoms with van der Waals surface area (Å²) < 4.78 is 6.84. The second-order valence-corrected chi connectivity index (χ2v) is 4.85. The molecule has 0 aromatic carbocycles. The number of hydrogen-bond acceptors (Lipinski definition) is 5. The zero-order valence-electron chi connectivity index (χ0n) is 10.8. The maximum atomic E-state index is 12.0. The van der Waals surface area contributed by atoms with Gasteiger partial charge in [-0.15, -0.1) is 0 Å². The summed E-state index contributed by atoms with van der Waals surface area (Å²) in [5, 5.41) is 6.75. The van der Waals surface area contributed by atoms with E-state index in [9.17, 15) is 4.79 Å². The van der Waals surface area contributed by atoms with Crippen LogP contribution in [0.5, 0.6) is 0 Å². The van der Waals surface area contributed by atoms with Crippen LogP contribution in [0.3, 0.4) is 0 Å². The van der Waals surface area contributed by atoms with Gasteiger partial charge >= 0.3 is 0 Å². The molecule has 0 saturated heterocycles. The van der Waals surface area contributed by atoms with Gasteiger partial charge in [0.2, 0.25) is 5.89 Å². The number of aryl methyl sites for hydroxylation is 1. The molecule has 1 saturated carbocycles. The Morgan fingerprint density at radius 1 is 1.58 bits per heavy atom. The van der Waals surface area contributed by atoms with Crippen LogP contribution in [0.1, 0.15) is 53.9 Å². The lowest BCUT2D eigenvalue weighted by Gasteiger charge is -2.09. The zero-order valence-corrected chi connectivity index (χ0v) is 10.8. The highest BCUT2D eigenvalue weighted by Gasteiger charge is 2.30. The predicted molar refractivity (Wildman–Crippen MR) is 65.4 cm³/mol. The molecule has 1 N–H and O–H groups in total. The summed E-state index contributed by atoms with van der Waals surface area (Å²) in [6, 6.07) is -0.317. The van der Waals surface area contributed by atoms with Crippen molar-refractivity contribution in [3.05, 3.63) is 29.9 Å². The summed E-state index contributed by atoms with van der Waals surface area (Å²) in [6.07, 6.45) is 5.34. The van der Waals surface area contributed by atoms with Crippen molar-refractivity contribution < 1.29 is 9.32 Å². The summed E-state index contributed by atoms with van der Waals surface area (Å²) in [5.74, 6) is 1.42. The largest absolute Gasteiger partial charge is 0.339 e. The van der Waals surface area contributed by atoms with Gasteiger partial charge in [-0.05, 0) is 19.8 Å². The molecule has 1 fully saturated rings. The summed E-state index contributed by atoms with van der Waals surface area (Å²) in [7, 11) is 1.77. The quantitative estimate of drug-likeness (QED) is 0.892. The molecule has 7 nitrogen and oxygen atoms in total. The molecule has 100 valence electrons. The summed E-state index contributed by atoms with van der Waals surface area (Å²) in [5.41, 5.74) is 0.494. The van der Waals surface area contributed by atoms with Gasteiger partial charge in [0.05, 0.1) is 12.5 Å². The van der Waals surface area contributed by atoms with Gasteiger partial charge in [0, 0.05) is 13.0 Å². The van der Waals surface area contributed by atoms with Crippen molar-refractivity contribution in [2.24, 2.45) is 7.05 Å². The third-order valence-electron chi connectivity index (χ3n) is 3.17. The Labute approximate surface area is 110 Å². The number of amides is 1. The van der Waals surface area contributed by atoms with Crippen LogP contribution in [0.4, 0.5) is 0 Å². The summed E-state index contributed by atoms with van der Waals surface area (Å²) in [4.78, 5) is 20.2. The number of imidazole rings is 1. The van der Waals surface area contributed by atoms with Crippen molar-refractivity contribution in [3.63, 3.8) is 0 Å². The first-order chi connectivity index (χ1) is 9.15. The maximum Gasteiger partial charge on any atom is 0.270 e. The third-order valence-corrected chi connectivity index (χ3v) is 3.17. The minimum atomic E-state index is -0.317. The molecule has 7 heteroatoms. The molecule has 0 radical (unpaired) electrons.